The van der Waals surface area contributed by atoms with Gasteiger partial charge >= 0.3 is 0 Å². The van der Waals surface area contributed by atoms with Crippen molar-refractivity contribution in [2.45, 2.75) is 62.6 Å². The van der Waals surface area contributed by atoms with Crippen LogP contribution in [0.4, 0.5) is 0 Å². The molecule has 0 saturated carbocycles. The number of benzene rings is 1. The average molecular weight is 353 g/mol. The molecule has 0 bridgehead atoms. The van der Waals surface area contributed by atoms with Crippen LogP contribution in [0, 0.1) is 0 Å². The van der Waals surface area contributed by atoms with E-state index in [4.69, 9.17) is 4.74 Å². The number of nitrogens with one attached hydrogen (secondary N) is 1. The zero-order valence-corrected chi connectivity index (χ0v) is 15.8. The van der Waals surface area contributed by atoms with Gasteiger partial charge in [-0.25, -0.2) is 13.1 Å². The minimum atomic E-state index is -3.48. The van der Waals surface area contributed by atoms with Crippen LogP contribution in [-0.2, 0) is 20.2 Å². The smallest absolute Gasteiger partial charge is 0.240 e. The van der Waals surface area contributed by atoms with Crippen molar-refractivity contribution < 1.29 is 13.2 Å². The Labute approximate surface area is 145 Å². The van der Waals surface area contributed by atoms with E-state index in [-0.39, 0.29) is 17.6 Å². The van der Waals surface area contributed by atoms with Crippen molar-refractivity contribution in [1.82, 2.24) is 9.62 Å². The van der Waals surface area contributed by atoms with Gasteiger partial charge in [0.2, 0.25) is 10.0 Å². The lowest BCUT2D eigenvalue weighted by Crippen LogP contribution is -2.45. The molecule has 3 rings (SSSR count). The molecule has 2 aliphatic heterocycles. The number of hydrogen-bond donors (Lipinski definition) is 1. The van der Waals surface area contributed by atoms with Gasteiger partial charge in [0.1, 0.15) is 0 Å². The van der Waals surface area contributed by atoms with Gasteiger partial charge in [-0.3, -0.25) is 4.90 Å². The molecule has 3 atom stereocenters. The van der Waals surface area contributed by atoms with Crippen molar-refractivity contribution in [2.75, 3.05) is 19.7 Å². The highest BCUT2D eigenvalue weighted by molar-refractivity contribution is 7.89. The van der Waals surface area contributed by atoms with Gasteiger partial charge < -0.3 is 4.74 Å². The fourth-order valence-electron chi connectivity index (χ4n) is 3.55. The first-order valence-corrected chi connectivity index (χ1v) is 10.1. The maximum atomic E-state index is 12.7. The second-order valence-electron chi connectivity index (χ2n) is 8.08. The molecule has 1 aromatic carbocycles. The molecule has 0 amide bonds. The van der Waals surface area contributed by atoms with Gasteiger partial charge in [-0.15, -0.1) is 0 Å². The monoisotopic (exact) mass is 352 g/mol. The molecule has 2 heterocycles. The van der Waals surface area contributed by atoms with Crippen LogP contribution in [-0.4, -0.2) is 51.2 Å². The molecule has 2 aliphatic rings. The summed E-state index contributed by atoms with van der Waals surface area (Å²) in [5.74, 6) is 0. The van der Waals surface area contributed by atoms with Gasteiger partial charge in [0, 0.05) is 25.2 Å². The number of fused-ring (bicyclic) bond motifs is 1. The van der Waals surface area contributed by atoms with Crippen molar-refractivity contribution in [3.8, 4) is 0 Å². The largest absolute Gasteiger partial charge is 0.376 e. The zero-order valence-electron chi connectivity index (χ0n) is 15.0. The molecule has 134 valence electrons. The minimum Gasteiger partial charge on any atom is -0.376 e. The van der Waals surface area contributed by atoms with E-state index < -0.39 is 10.0 Å². The van der Waals surface area contributed by atoms with E-state index in [0.29, 0.717) is 17.5 Å². The van der Waals surface area contributed by atoms with Crippen LogP contribution in [0.1, 0.15) is 39.7 Å². The molecule has 2 fully saturated rings. The molecule has 1 N–H and O–H groups in total. The van der Waals surface area contributed by atoms with Gasteiger partial charge in [-0.2, -0.15) is 0 Å². The van der Waals surface area contributed by atoms with Crippen LogP contribution in [0.2, 0.25) is 0 Å². The molecule has 2 saturated heterocycles. The molecule has 24 heavy (non-hydrogen) atoms. The first kappa shape index (κ1) is 17.9. The molecule has 5 nitrogen and oxygen atoms in total. The van der Waals surface area contributed by atoms with E-state index in [9.17, 15) is 8.42 Å². The Morgan fingerprint density at radius 1 is 1.17 bits per heavy atom. The highest BCUT2D eigenvalue weighted by atomic mass is 32.2. The van der Waals surface area contributed by atoms with Crippen LogP contribution >= 0.6 is 0 Å². The van der Waals surface area contributed by atoms with Gasteiger partial charge in [0.25, 0.3) is 0 Å². The zero-order chi connectivity index (χ0) is 17.5. The van der Waals surface area contributed by atoms with E-state index in [2.05, 4.69) is 37.3 Å². The SMILES string of the molecule is C[C@H]1CN2C[C@@H](NS(=O)(=O)c3ccc(C(C)(C)C)cc3)C[C@H]2CO1. The molecule has 1 aromatic rings. The maximum absolute atomic E-state index is 12.7. The quantitative estimate of drug-likeness (QED) is 0.905. The van der Waals surface area contributed by atoms with E-state index in [1.165, 1.54) is 0 Å². The number of sulfonamides is 1. The second kappa shape index (κ2) is 6.41. The van der Waals surface area contributed by atoms with Gasteiger partial charge in [-0.05, 0) is 36.5 Å². The molecule has 0 radical (unpaired) electrons. The topological polar surface area (TPSA) is 58.6 Å². The Hall–Kier alpha value is -0.950. The molecular formula is C18H28N2O3S. The summed E-state index contributed by atoms with van der Waals surface area (Å²) in [6.07, 6.45) is 1.04. The van der Waals surface area contributed by atoms with E-state index >= 15 is 0 Å². The summed E-state index contributed by atoms with van der Waals surface area (Å²) in [4.78, 5) is 2.68. The van der Waals surface area contributed by atoms with Crippen LogP contribution in [0.15, 0.2) is 29.2 Å². The summed E-state index contributed by atoms with van der Waals surface area (Å²) in [6.45, 7) is 10.7. The van der Waals surface area contributed by atoms with Gasteiger partial charge in [-0.1, -0.05) is 32.9 Å². The van der Waals surface area contributed by atoms with E-state index in [0.717, 1.165) is 25.1 Å². The first-order chi connectivity index (χ1) is 11.1. The van der Waals surface area contributed by atoms with Crippen molar-refractivity contribution in [1.29, 1.82) is 0 Å². The highest BCUT2D eigenvalue weighted by Gasteiger charge is 2.37. The molecule has 6 heteroatoms. The van der Waals surface area contributed by atoms with Crippen LogP contribution in [0.5, 0.6) is 0 Å². The van der Waals surface area contributed by atoms with Crippen molar-refractivity contribution in [3.63, 3.8) is 0 Å². The first-order valence-electron chi connectivity index (χ1n) is 8.64. The maximum Gasteiger partial charge on any atom is 0.240 e. The summed E-state index contributed by atoms with van der Waals surface area (Å²) in [5, 5.41) is 0. The Morgan fingerprint density at radius 2 is 1.83 bits per heavy atom. The predicted molar refractivity (Wildman–Crippen MR) is 94.6 cm³/mol. The predicted octanol–water partition coefficient (Wildman–Crippen LogP) is 2.12. The average Bonchev–Trinajstić information content (AvgIpc) is 2.87. The Bertz CT molecular complexity index is 679. The number of hydrogen-bond acceptors (Lipinski definition) is 4. The third-order valence-electron chi connectivity index (χ3n) is 4.95. The Morgan fingerprint density at radius 3 is 2.46 bits per heavy atom. The number of morpholine rings is 1. The van der Waals surface area contributed by atoms with Crippen LogP contribution in [0.3, 0.4) is 0 Å². The van der Waals surface area contributed by atoms with Crippen molar-refractivity contribution >= 4 is 10.0 Å². The molecular weight excluding hydrogens is 324 g/mol. The highest BCUT2D eigenvalue weighted by Crippen LogP contribution is 2.26. The van der Waals surface area contributed by atoms with Crippen LogP contribution in [0.25, 0.3) is 0 Å². The lowest BCUT2D eigenvalue weighted by atomic mass is 9.87. The minimum absolute atomic E-state index is 0.0147. The standard InChI is InChI=1S/C18H28N2O3S/c1-13-10-20-11-15(9-16(20)12-23-13)19-24(21,22)17-7-5-14(6-8-17)18(2,3)4/h5-8,13,15-16,19H,9-12H2,1-4H3/t13-,15-,16-/m0/s1. The fraction of sp³-hybridized carbons (Fsp3) is 0.667. The van der Waals surface area contributed by atoms with Gasteiger partial charge in [0.15, 0.2) is 0 Å². The summed E-state index contributed by atoms with van der Waals surface area (Å²) in [7, 11) is -3.48. The molecule has 0 spiro atoms. The summed E-state index contributed by atoms with van der Waals surface area (Å²) < 4.78 is 33.9. The summed E-state index contributed by atoms with van der Waals surface area (Å²) >= 11 is 0. The second-order valence-corrected chi connectivity index (χ2v) is 9.79. The summed E-state index contributed by atoms with van der Waals surface area (Å²) in [5.41, 5.74) is 1.14. The number of rotatable bonds is 3. The van der Waals surface area contributed by atoms with Crippen molar-refractivity contribution in [2.24, 2.45) is 0 Å². The molecule has 0 aliphatic carbocycles. The third kappa shape index (κ3) is 3.82. The normalized spacial score (nSPS) is 28.8. The Balaban J connectivity index is 1.68. The number of nitrogens with zero attached hydrogens (tertiary/aromatic N) is 1. The fourth-order valence-corrected chi connectivity index (χ4v) is 4.79. The summed E-state index contributed by atoms with van der Waals surface area (Å²) in [6, 6.07) is 7.50. The van der Waals surface area contributed by atoms with E-state index in [1.54, 1.807) is 12.1 Å². The molecule has 0 aromatic heterocycles. The lowest BCUT2D eigenvalue weighted by Gasteiger charge is -2.33. The third-order valence-corrected chi connectivity index (χ3v) is 6.48. The number of ether oxygens (including phenoxy) is 1. The van der Waals surface area contributed by atoms with Gasteiger partial charge in [0.05, 0.1) is 17.6 Å². The molecule has 0 unspecified atom stereocenters. The van der Waals surface area contributed by atoms with E-state index in [1.807, 2.05) is 12.1 Å². The lowest BCUT2D eigenvalue weighted by molar-refractivity contribution is -0.0390. The van der Waals surface area contributed by atoms with Crippen molar-refractivity contribution in [3.05, 3.63) is 29.8 Å². The van der Waals surface area contributed by atoms with Crippen LogP contribution < -0.4 is 4.72 Å². The Kier molecular flexibility index (Phi) is 4.77.